The van der Waals surface area contributed by atoms with Gasteiger partial charge in [-0.3, -0.25) is 0 Å². The molecule has 20 heavy (non-hydrogen) atoms. The molecule has 0 fully saturated rings. The molecule has 0 atom stereocenters. The van der Waals surface area contributed by atoms with Gasteiger partial charge in [-0.2, -0.15) is 5.26 Å². The topological polar surface area (TPSA) is 68.3 Å². The van der Waals surface area contributed by atoms with Crippen molar-refractivity contribution in [3.8, 4) is 17.6 Å². The maximum atomic E-state index is 13.7. The molecule has 0 heterocycles. The van der Waals surface area contributed by atoms with Crippen molar-refractivity contribution >= 4 is 5.69 Å². The van der Waals surface area contributed by atoms with Gasteiger partial charge in [0.2, 0.25) is 0 Å². The molecule has 0 radical (unpaired) electrons. The van der Waals surface area contributed by atoms with Crippen molar-refractivity contribution in [1.29, 1.82) is 5.26 Å². The van der Waals surface area contributed by atoms with Crippen molar-refractivity contribution in [2.75, 3.05) is 12.8 Å². The van der Waals surface area contributed by atoms with E-state index in [0.717, 1.165) is 0 Å². The number of benzene rings is 2. The summed E-state index contributed by atoms with van der Waals surface area (Å²) in [6.07, 6.45) is 0. The van der Waals surface area contributed by atoms with E-state index in [0.29, 0.717) is 28.3 Å². The number of hydrogen-bond donors (Lipinski definition) is 1. The van der Waals surface area contributed by atoms with Crippen LogP contribution in [0.3, 0.4) is 0 Å². The zero-order chi connectivity index (χ0) is 14.5. The summed E-state index contributed by atoms with van der Waals surface area (Å²) in [5.41, 5.74) is 6.76. The first-order valence-electron chi connectivity index (χ1n) is 5.89. The third-order valence-corrected chi connectivity index (χ3v) is 2.77. The fraction of sp³-hybridized carbons (Fsp3) is 0.133. The normalized spacial score (nSPS) is 9.85. The Bertz CT molecular complexity index is 665. The van der Waals surface area contributed by atoms with E-state index in [1.165, 1.54) is 19.2 Å². The van der Waals surface area contributed by atoms with Gasteiger partial charge in [0.05, 0.1) is 12.7 Å². The molecule has 0 saturated heterocycles. The fourth-order valence-corrected chi connectivity index (χ4v) is 1.69. The van der Waals surface area contributed by atoms with Gasteiger partial charge in [-0.25, -0.2) is 4.39 Å². The lowest BCUT2D eigenvalue weighted by Gasteiger charge is -2.10. The Kier molecular flexibility index (Phi) is 4.06. The average molecular weight is 272 g/mol. The maximum Gasteiger partial charge on any atom is 0.137 e. The zero-order valence-electron chi connectivity index (χ0n) is 10.9. The highest BCUT2D eigenvalue weighted by Gasteiger charge is 2.08. The molecule has 2 aromatic carbocycles. The van der Waals surface area contributed by atoms with Gasteiger partial charge in [-0.05, 0) is 30.3 Å². The molecular formula is C15H13FN2O2. The lowest BCUT2D eigenvalue weighted by atomic mass is 10.2. The van der Waals surface area contributed by atoms with E-state index in [1.54, 1.807) is 24.3 Å². The third kappa shape index (κ3) is 2.98. The molecular weight excluding hydrogens is 259 g/mol. The van der Waals surface area contributed by atoms with E-state index >= 15 is 0 Å². The SMILES string of the molecule is COc1ccc(COc2ccc(N)cc2C#N)c(F)c1. The van der Waals surface area contributed by atoms with E-state index in [4.69, 9.17) is 20.5 Å². The number of hydrogen-bond acceptors (Lipinski definition) is 4. The zero-order valence-corrected chi connectivity index (χ0v) is 10.9. The number of nitrogens with zero attached hydrogens (tertiary/aromatic N) is 1. The number of methoxy groups -OCH3 is 1. The standard InChI is InChI=1S/C15H13FN2O2/c1-19-13-4-2-10(14(16)7-13)9-20-15-5-3-12(18)6-11(15)8-17/h2-7H,9,18H2,1H3. The summed E-state index contributed by atoms with van der Waals surface area (Å²) in [6, 6.07) is 11.2. The molecule has 0 spiro atoms. The average Bonchev–Trinajstić information content (AvgIpc) is 2.46. The lowest BCUT2D eigenvalue weighted by Crippen LogP contribution is -2.01. The molecule has 0 saturated carbocycles. The van der Waals surface area contributed by atoms with E-state index in [1.807, 2.05) is 6.07 Å². The van der Waals surface area contributed by atoms with Crippen molar-refractivity contribution in [1.82, 2.24) is 0 Å². The Morgan fingerprint density at radius 3 is 2.70 bits per heavy atom. The number of anilines is 1. The van der Waals surface area contributed by atoms with Crippen LogP contribution in [0.2, 0.25) is 0 Å². The molecule has 0 aliphatic rings. The summed E-state index contributed by atoms with van der Waals surface area (Å²) < 4.78 is 24.1. The molecule has 4 nitrogen and oxygen atoms in total. The van der Waals surface area contributed by atoms with Crippen molar-refractivity contribution in [2.24, 2.45) is 0 Å². The first-order valence-corrected chi connectivity index (χ1v) is 5.89. The summed E-state index contributed by atoms with van der Waals surface area (Å²) in [7, 11) is 1.47. The molecule has 2 aromatic rings. The number of rotatable bonds is 4. The van der Waals surface area contributed by atoms with Crippen molar-refractivity contribution in [3.05, 3.63) is 53.3 Å². The minimum Gasteiger partial charge on any atom is -0.497 e. The second-order valence-corrected chi connectivity index (χ2v) is 4.11. The van der Waals surface area contributed by atoms with Crippen LogP contribution in [0.15, 0.2) is 36.4 Å². The van der Waals surface area contributed by atoms with Crippen LogP contribution >= 0.6 is 0 Å². The summed E-state index contributed by atoms with van der Waals surface area (Å²) in [5.74, 6) is 0.395. The molecule has 102 valence electrons. The lowest BCUT2D eigenvalue weighted by molar-refractivity contribution is 0.298. The predicted molar refractivity (Wildman–Crippen MR) is 72.9 cm³/mol. The summed E-state index contributed by atoms with van der Waals surface area (Å²) >= 11 is 0. The summed E-state index contributed by atoms with van der Waals surface area (Å²) in [6.45, 7) is 0.0222. The molecule has 2 rings (SSSR count). The highest BCUT2D eigenvalue weighted by molar-refractivity contribution is 5.53. The number of halogens is 1. The van der Waals surface area contributed by atoms with Gasteiger partial charge in [-0.15, -0.1) is 0 Å². The van der Waals surface area contributed by atoms with Crippen molar-refractivity contribution < 1.29 is 13.9 Å². The predicted octanol–water partition coefficient (Wildman–Crippen LogP) is 2.87. The van der Waals surface area contributed by atoms with Gasteiger partial charge in [0.15, 0.2) is 0 Å². The van der Waals surface area contributed by atoms with Crippen molar-refractivity contribution in [3.63, 3.8) is 0 Å². The van der Waals surface area contributed by atoms with Crippen LogP contribution in [0.25, 0.3) is 0 Å². The van der Waals surface area contributed by atoms with E-state index in [2.05, 4.69) is 0 Å². The van der Waals surface area contributed by atoms with E-state index in [-0.39, 0.29) is 6.61 Å². The first-order chi connectivity index (χ1) is 9.63. The van der Waals surface area contributed by atoms with Crippen LogP contribution in [-0.4, -0.2) is 7.11 Å². The van der Waals surface area contributed by atoms with Crippen LogP contribution in [-0.2, 0) is 6.61 Å². The number of nitrogen functional groups attached to an aromatic ring is 1. The van der Waals surface area contributed by atoms with Crippen LogP contribution in [0.4, 0.5) is 10.1 Å². The Morgan fingerprint density at radius 1 is 1.25 bits per heavy atom. The van der Waals surface area contributed by atoms with Gasteiger partial charge in [-0.1, -0.05) is 0 Å². The molecule has 0 aliphatic carbocycles. The molecule has 2 N–H and O–H groups in total. The number of ether oxygens (including phenoxy) is 2. The van der Waals surface area contributed by atoms with Crippen LogP contribution in [0.5, 0.6) is 11.5 Å². The molecule has 0 aliphatic heterocycles. The minimum absolute atomic E-state index is 0.0222. The monoisotopic (exact) mass is 272 g/mol. The van der Waals surface area contributed by atoms with Crippen LogP contribution in [0.1, 0.15) is 11.1 Å². The van der Waals surface area contributed by atoms with E-state index < -0.39 is 5.82 Å². The Labute approximate surface area is 116 Å². The summed E-state index contributed by atoms with van der Waals surface area (Å²) in [5, 5.41) is 8.99. The van der Waals surface area contributed by atoms with Gasteiger partial charge in [0, 0.05) is 17.3 Å². The number of nitriles is 1. The first kappa shape index (κ1) is 13.7. The van der Waals surface area contributed by atoms with E-state index in [9.17, 15) is 4.39 Å². The third-order valence-electron chi connectivity index (χ3n) is 2.77. The number of nitrogens with two attached hydrogens (primary N) is 1. The highest BCUT2D eigenvalue weighted by Crippen LogP contribution is 2.23. The quantitative estimate of drug-likeness (QED) is 0.869. The Hall–Kier alpha value is -2.74. The van der Waals surface area contributed by atoms with Crippen molar-refractivity contribution in [2.45, 2.75) is 6.61 Å². The van der Waals surface area contributed by atoms with Gasteiger partial charge < -0.3 is 15.2 Å². The largest absolute Gasteiger partial charge is 0.497 e. The molecule has 0 unspecified atom stereocenters. The second kappa shape index (κ2) is 5.93. The van der Waals surface area contributed by atoms with Gasteiger partial charge in [0.25, 0.3) is 0 Å². The Balaban J connectivity index is 2.15. The summed E-state index contributed by atoms with van der Waals surface area (Å²) in [4.78, 5) is 0. The molecule has 5 heteroatoms. The highest BCUT2D eigenvalue weighted by atomic mass is 19.1. The van der Waals surface area contributed by atoms with Gasteiger partial charge >= 0.3 is 0 Å². The Morgan fingerprint density at radius 2 is 2.05 bits per heavy atom. The second-order valence-electron chi connectivity index (χ2n) is 4.11. The van der Waals surface area contributed by atoms with Crippen LogP contribution in [0, 0.1) is 17.1 Å². The van der Waals surface area contributed by atoms with Gasteiger partial charge in [0.1, 0.15) is 30.0 Å². The molecule has 0 aromatic heterocycles. The van der Waals surface area contributed by atoms with Crippen LogP contribution < -0.4 is 15.2 Å². The molecule has 0 bridgehead atoms. The maximum absolute atomic E-state index is 13.7. The minimum atomic E-state index is -0.418. The fourth-order valence-electron chi connectivity index (χ4n) is 1.69. The smallest absolute Gasteiger partial charge is 0.137 e. The molecule has 0 amide bonds.